The molecule has 62 valence electrons. The zero-order chi connectivity index (χ0) is 8.72. The number of aromatic amines is 1. The van der Waals surface area contributed by atoms with Crippen molar-refractivity contribution in [3.05, 3.63) is 29.6 Å². The molecule has 1 aromatic heterocycles. The molecule has 0 unspecified atom stereocenters. The van der Waals surface area contributed by atoms with Gasteiger partial charge in [0.05, 0.1) is 7.05 Å². The maximum atomic E-state index is 3.36. The monoisotopic (exact) mass is 161 g/mol. The molecular weight excluding hydrogens is 148 g/mol. The molecule has 0 amide bonds. The number of benzene rings is 1. The number of para-hydroxylation sites is 1. The summed E-state index contributed by atoms with van der Waals surface area (Å²) >= 11 is 0. The third-order valence-corrected chi connectivity index (χ3v) is 2.42. The standard InChI is InChI=1S/C10H12N2/c1-7-5-4-6-9-10(7)11-8(2)12(9)3/h4-6H,1-3H3/p+1. The molecule has 2 nitrogen and oxygen atoms in total. The maximum Gasteiger partial charge on any atom is 0.251 e. The minimum Gasteiger partial charge on any atom is -0.241 e. The molecule has 0 radical (unpaired) electrons. The molecule has 0 aliphatic heterocycles. The number of nitrogens with one attached hydrogen (secondary N) is 1. The Morgan fingerprint density at radius 1 is 1.25 bits per heavy atom. The topological polar surface area (TPSA) is 19.7 Å². The lowest BCUT2D eigenvalue weighted by molar-refractivity contribution is -0.651. The second-order valence-electron chi connectivity index (χ2n) is 3.24. The van der Waals surface area contributed by atoms with Crippen LogP contribution in [0.1, 0.15) is 11.4 Å². The highest BCUT2D eigenvalue weighted by atomic mass is 15.0. The van der Waals surface area contributed by atoms with E-state index in [-0.39, 0.29) is 0 Å². The van der Waals surface area contributed by atoms with Crippen molar-refractivity contribution in [3.63, 3.8) is 0 Å². The Bertz CT molecular complexity index is 427. The third-order valence-electron chi connectivity index (χ3n) is 2.42. The number of imidazole rings is 1. The maximum absolute atomic E-state index is 3.36. The van der Waals surface area contributed by atoms with Crippen LogP contribution in [0.5, 0.6) is 0 Å². The van der Waals surface area contributed by atoms with Gasteiger partial charge < -0.3 is 0 Å². The van der Waals surface area contributed by atoms with Crippen molar-refractivity contribution in [2.75, 3.05) is 0 Å². The van der Waals surface area contributed by atoms with E-state index in [9.17, 15) is 0 Å². The highest BCUT2D eigenvalue weighted by Crippen LogP contribution is 2.12. The fourth-order valence-corrected chi connectivity index (χ4v) is 1.54. The van der Waals surface area contributed by atoms with Crippen molar-refractivity contribution in [1.29, 1.82) is 0 Å². The van der Waals surface area contributed by atoms with Crippen molar-refractivity contribution >= 4 is 11.0 Å². The molecule has 0 spiro atoms. The van der Waals surface area contributed by atoms with Gasteiger partial charge in [0.2, 0.25) is 0 Å². The lowest BCUT2D eigenvalue weighted by atomic mass is 10.2. The second kappa shape index (κ2) is 2.34. The van der Waals surface area contributed by atoms with Crippen molar-refractivity contribution in [2.24, 2.45) is 7.05 Å². The first-order valence-electron chi connectivity index (χ1n) is 4.14. The van der Waals surface area contributed by atoms with Crippen LogP contribution in [-0.4, -0.2) is 4.98 Å². The molecule has 0 bridgehead atoms. The summed E-state index contributed by atoms with van der Waals surface area (Å²) in [5.41, 5.74) is 3.82. The van der Waals surface area contributed by atoms with Crippen LogP contribution in [-0.2, 0) is 7.05 Å². The predicted molar refractivity (Wildman–Crippen MR) is 48.9 cm³/mol. The van der Waals surface area contributed by atoms with Crippen LogP contribution in [0.4, 0.5) is 0 Å². The van der Waals surface area contributed by atoms with E-state index < -0.39 is 0 Å². The average Bonchev–Trinajstić information content (AvgIpc) is 2.32. The Labute approximate surface area is 71.8 Å². The lowest BCUT2D eigenvalue weighted by Crippen LogP contribution is -2.29. The number of aromatic nitrogens is 2. The van der Waals surface area contributed by atoms with E-state index in [2.05, 4.69) is 48.6 Å². The Balaban J connectivity index is 2.95. The predicted octanol–water partition coefficient (Wildman–Crippen LogP) is 1.61. The van der Waals surface area contributed by atoms with Crippen LogP contribution >= 0.6 is 0 Å². The van der Waals surface area contributed by atoms with E-state index in [0.29, 0.717) is 0 Å². The number of nitrogens with zero attached hydrogens (tertiary/aromatic N) is 1. The van der Waals surface area contributed by atoms with Crippen LogP contribution < -0.4 is 4.57 Å². The molecule has 0 saturated carbocycles. The summed E-state index contributed by atoms with van der Waals surface area (Å²) in [5, 5.41) is 0. The number of hydrogen-bond donors (Lipinski definition) is 1. The van der Waals surface area contributed by atoms with Gasteiger partial charge >= 0.3 is 0 Å². The van der Waals surface area contributed by atoms with Gasteiger partial charge in [-0.05, 0) is 13.0 Å². The van der Waals surface area contributed by atoms with E-state index in [1.165, 1.54) is 22.4 Å². The number of aryl methyl sites for hydroxylation is 3. The van der Waals surface area contributed by atoms with Gasteiger partial charge in [-0.2, -0.15) is 0 Å². The van der Waals surface area contributed by atoms with Gasteiger partial charge in [-0.25, -0.2) is 9.55 Å². The number of rotatable bonds is 0. The van der Waals surface area contributed by atoms with E-state index in [0.717, 1.165) is 0 Å². The van der Waals surface area contributed by atoms with E-state index in [4.69, 9.17) is 0 Å². The van der Waals surface area contributed by atoms with Crippen molar-refractivity contribution in [1.82, 2.24) is 4.98 Å². The van der Waals surface area contributed by atoms with Crippen molar-refractivity contribution in [2.45, 2.75) is 13.8 Å². The van der Waals surface area contributed by atoms with Gasteiger partial charge in [-0.15, -0.1) is 0 Å². The van der Waals surface area contributed by atoms with Gasteiger partial charge in [-0.1, -0.05) is 12.1 Å². The lowest BCUT2D eigenvalue weighted by Gasteiger charge is -1.89. The first-order valence-corrected chi connectivity index (χ1v) is 4.14. The first kappa shape index (κ1) is 7.35. The molecule has 1 heterocycles. The molecule has 0 saturated heterocycles. The summed E-state index contributed by atoms with van der Waals surface area (Å²) in [6.45, 7) is 4.21. The smallest absolute Gasteiger partial charge is 0.241 e. The molecule has 0 aliphatic carbocycles. The molecule has 0 fully saturated rings. The van der Waals surface area contributed by atoms with E-state index in [1.54, 1.807) is 0 Å². The SMILES string of the molecule is Cc1cccc2c1[nH]c(C)[n+]2C. The highest BCUT2D eigenvalue weighted by molar-refractivity contribution is 5.75. The normalized spacial score (nSPS) is 10.9. The molecule has 2 heteroatoms. The summed E-state index contributed by atoms with van der Waals surface area (Å²) < 4.78 is 2.17. The molecule has 0 atom stereocenters. The Morgan fingerprint density at radius 3 is 2.67 bits per heavy atom. The molecule has 1 N–H and O–H groups in total. The number of hydrogen-bond acceptors (Lipinski definition) is 0. The third kappa shape index (κ3) is 0.843. The average molecular weight is 161 g/mol. The minimum absolute atomic E-state index is 1.19. The molecule has 0 aliphatic rings. The van der Waals surface area contributed by atoms with Crippen LogP contribution in [0.15, 0.2) is 18.2 Å². The first-order chi connectivity index (χ1) is 5.70. The van der Waals surface area contributed by atoms with Gasteiger partial charge in [0.15, 0.2) is 11.0 Å². The summed E-state index contributed by atoms with van der Waals surface area (Å²) in [6.07, 6.45) is 0. The zero-order valence-corrected chi connectivity index (χ0v) is 7.68. The quantitative estimate of drug-likeness (QED) is 0.566. The van der Waals surface area contributed by atoms with E-state index in [1.807, 2.05) is 0 Å². The fraction of sp³-hybridized carbons (Fsp3) is 0.300. The largest absolute Gasteiger partial charge is 0.251 e. The zero-order valence-electron chi connectivity index (χ0n) is 7.68. The highest BCUT2D eigenvalue weighted by Gasteiger charge is 2.11. The summed E-state index contributed by atoms with van der Waals surface area (Å²) in [5.74, 6) is 1.19. The van der Waals surface area contributed by atoms with Crippen LogP contribution in [0.2, 0.25) is 0 Å². The molecule has 2 rings (SSSR count). The Hall–Kier alpha value is -1.31. The van der Waals surface area contributed by atoms with Crippen molar-refractivity contribution in [3.8, 4) is 0 Å². The van der Waals surface area contributed by atoms with Gasteiger partial charge in [0.25, 0.3) is 5.82 Å². The van der Waals surface area contributed by atoms with E-state index >= 15 is 0 Å². The minimum atomic E-state index is 1.19. The summed E-state index contributed by atoms with van der Waals surface area (Å²) in [4.78, 5) is 3.36. The molecule has 2 aromatic rings. The number of H-pyrrole nitrogens is 1. The summed E-state index contributed by atoms with van der Waals surface area (Å²) in [6, 6.07) is 6.34. The van der Waals surface area contributed by atoms with Crippen molar-refractivity contribution < 1.29 is 4.57 Å². The fourth-order valence-electron chi connectivity index (χ4n) is 1.54. The Kier molecular flexibility index (Phi) is 1.43. The van der Waals surface area contributed by atoms with Gasteiger partial charge in [-0.3, -0.25) is 0 Å². The summed E-state index contributed by atoms with van der Waals surface area (Å²) in [7, 11) is 2.08. The van der Waals surface area contributed by atoms with Gasteiger partial charge in [0.1, 0.15) is 0 Å². The molecular formula is C10H13N2+. The Morgan fingerprint density at radius 2 is 2.00 bits per heavy atom. The van der Waals surface area contributed by atoms with Crippen LogP contribution in [0.3, 0.4) is 0 Å². The molecule has 12 heavy (non-hydrogen) atoms. The van der Waals surface area contributed by atoms with Crippen LogP contribution in [0.25, 0.3) is 11.0 Å². The molecule has 1 aromatic carbocycles. The number of fused-ring (bicyclic) bond motifs is 1. The van der Waals surface area contributed by atoms with Gasteiger partial charge in [0, 0.05) is 12.5 Å². The van der Waals surface area contributed by atoms with Crippen LogP contribution in [0, 0.1) is 13.8 Å². The second-order valence-corrected chi connectivity index (χ2v) is 3.24.